The third kappa shape index (κ3) is 12.6. The minimum Gasteiger partial charge on any atom is -0.305 e. The van der Waals surface area contributed by atoms with E-state index in [4.69, 9.17) is 0 Å². The lowest BCUT2D eigenvalue weighted by molar-refractivity contribution is 0.590. The Morgan fingerprint density at radius 3 is 0.809 bits per heavy atom. The van der Waals surface area contributed by atoms with Gasteiger partial charge in [-0.1, -0.05) is 381 Å². The molecule has 17 aromatic rings. The molecule has 17 aromatic carbocycles. The average molecular weight is 1470 g/mol. The second kappa shape index (κ2) is 28.7. The van der Waals surface area contributed by atoms with Gasteiger partial charge in [-0.05, 0) is 206 Å². The summed E-state index contributed by atoms with van der Waals surface area (Å²) < 4.78 is 0. The van der Waals surface area contributed by atoms with Gasteiger partial charge in [-0.15, -0.1) is 0 Å². The Labute approximate surface area is 676 Å². The molecule has 0 aromatic heterocycles. The van der Waals surface area contributed by atoms with Gasteiger partial charge in [0.05, 0.1) is 51.2 Å². The van der Waals surface area contributed by atoms with Crippen LogP contribution in [0.1, 0.15) is 86.4 Å². The second-order valence-electron chi connectivity index (χ2n) is 33.1. The third-order valence-corrected chi connectivity index (χ3v) is 23.9. The summed E-state index contributed by atoms with van der Waals surface area (Å²) in [6.45, 7) is 14.0. The molecule has 115 heavy (non-hydrogen) atoms. The average Bonchev–Trinajstić information content (AvgIpc) is 0.683. The van der Waals surface area contributed by atoms with E-state index in [9.17, 15) is 0 Å². The Bertz CT molecular complexity index is 6020. The van der Waals surface area contributed by atoms with E-state index in [-0.39, 0.29) is 16.7 Å². The van der Waals surface area contributed by atoms with Gasteiger partial charge < -0.3 is 14.7 Å². The molecule has 0 N–H and O–H groups in total. The SMILES string of the molecule is CC(C)(C)c1ccc(-c2ccc3c(c2)N2c4cc(-c5ccc(C(C)(C)C)cc5-c5ccccc5)ccc4N(c4c(-c5ccccc5)cc(-c5ccccc5)cc4-c4ccccc4)c4cc(C5c6ccccc6Cc6ccccc65)cc(c42)N3c2c(-c3ccccc3)cc(-c3ccccc3)cc2-c2ccccc2)c(-c2ccccc2)c1. The summed E-state index contributed by atoms with van der Waals surface area (Å²) in [6.07, 6.45) is 0.844. The minimum atomic E-state index is -0.169. The van der Waals surface area contributed by atoms with Gasteiger partial charge >= 0.3 is 0 Å². The first kappa shape index (κ1) is 70.3. The number of hydrogen-bond donors (Lipinski definition) is 0. The van der Waals surface area contributed by atoms with Crippen LogP contribution in [0.25, 0.3) is 111 Å². The molecule has 0 atom stereocenters. The van der Waals surface area contributed by atoms with Crippen LogP contribution in [-0.4, -0.2) is 0 Å². The zero-order valence-corrected chi connectivity index (χ0v) is 65.7. The Balaban J connectivity index is 0.994. The summed E-state index contributed by atoms with van der Waals surface area (Å²) in [7, 11) is 0. The summed E-state index contributed by atoms with van der Waals surface area (Å²) in [6, 6.07) is 152. The largest absolute Gasteiger partial charge is 0.305 e. The van der Waals surface area contributed by atoms with Crippen molar-refractivity contribution in [3.05, 3.63) is 439 Å². The molecular weight excluding hydrogens is 1390 g/mol. The standard InChI is InChI=1S/C112H87N3/c1-111(2,3)89-57-59-91(95(72-89)76-39-19-9-20-40-76)84-55-61-101-103(68-84)115-104-69-85(92-60-58-90(112(4,5)6)73-96(92)77-41-21-10-22-42-77)56-62-102(104)114(109-99(80-47-27-13-28-48-80)66-87(75-37-17-8-18-38-75)67-100(109)81-49-29-14-30-50-81)106-71-88(107-93-53-33-31-51-82(93)63-83-52-32-34-54-94(83)107)70-105(110(106)115)113(101)108-97(78-43-23-11-24-44-78)64-86(74-35-15-7-16-36-74)65-98(108)79-45-25-12-26-46-79/h7-62,64-73,107H,63H2,1-6H3. The molecule has 3 nitrogen and oxygen atoms in total. The molecular formula is C112H87N3. The van der Waals surface area contributed by atoms with Crippen LogP contribution < -0.4 is 14.7 Å². The molecule has 0 saturated heterocycles. The van der Waals surface area contributed by atoms with Crippen LogP contribution in [0.4, 0.5) is 51.2 Å². The molecule has 0 fully saturated rings. The molecule has 3 heteroatoms. The Hall–Kier alpha value is -13.9. The number of hydrogen-bond acceptors (Lipinski definition) is 3. The van der Waals surface area contributed by atoms with Gasteiger partial charge in [0.15, 0.2) is 0 Å². The molecule has 20 rings (SSSR count). The lowest BCUT2D eigenvalue weighted by atomic mass is 9.74. The van der Waals surface area contributed by atoms with Gasteiger partial charge in [0.25, 0.3) is 0 Å². The van der Waals surface area contributed by atoms with Crippen LogP contribution in [0.15, 0.2) is 400 Å². The Morgan fingerprint density at radius 1 is 0.200 bits per heavy atom. The predicted octanol–water partition coefficient (Wildman–Crippen LogP) is 31.1. The maximum absolute atomic E-state index is 2.71. The van der Waals surface area contributed by atoms with Crippen molar-refractivity contribution in [1.82, 2.24) is 0 Å². The molecule has 0 saturated carbocycles. The van der Waals surface area contributed by atoms with E-state index >= 15 is 0 Å². The summed E-state index contributed by atoms with van der Waals surface area (Å²) in [5.41, 5.74) is 41.0. The second-order valence-corrected chi connectivity index (χ2v) is 33.1. The van der Waals surface area contributed by atoms with Gasteiger partial charge in [0, 0.05) is 28.2 Å². The van der Waals surface area contributed by atoms with Gasteiger partial charge in [-0.2, -0.15) is 0 Å². The smallest absolute Gasteiger partial charge is 0.0948 e. The molecule has 2 aliphatic heterocycles. The highest BCUT2D eigenvalue weighted by molar-refractivity contribution is 6.18. The van der Waals surface area contributed by atoms with Gasteiger partial charge in [0.1, 0.15) is 0 Å². The Kier molecular flexibility index (Phi) is 17.5. The zero-order valence-electron chi connectivity index (χ0n) is 65.7. The molecule has 3 aliphatic rings. The molecule has 2 heterocycles. The summed E-state index contributed by atoms with van der Waals surface area (Å²) in [5.74, 6) is -0.169. The van der Waals surface area contributed by atoms with Gasteiger partial charge in [0.2, 0.25) is 0 Å². The summed E-state index contributed by atoms with van der Waals surface area (Å²) in [4.78, 5) is 8.11. The van der Waals surface area contributed by atoms with Gasteiger partial charge in [-0.3, -0.25) is 0 Å². The maximum Gasteiger partial charge on any atom is 0.0948 e. The molecule has 0 bridgehead atoms. The third-order valence-electron chi connectivity index (χ3n) is 23.9. The molecule has 1 aliphatic carbocycles. The van der Waals surface area contributed by atoms with Crippen molar-refractivity contribution >= 4 is 51.2 Å². The quantitative estimate of drug-likeness (QED) is 0.114. The van der Waals surface area contributed by atoms with Crippen LogP contribution in [0.2, 0.25) is 0 Å². The fraction of sp³-hybridized carbons (Fsp3) is 0.0893. The fourth-order valence-corrected chi connectivity index (χ4v) is 18.2. The normalized spacial score (nSPS) is 12.8. The zero-order chi connectivity index (χ0) is 77.5. The molecule has 0 unspecified atom stereocenters. The monoisotopic (exact) mass is 1470 g/mol. The van der Waals surface area contributed by atoms with E-state index in [1.165, 1.54) is 61.2 Å². The highest BCUT2D eigenvalue weighted by Crippen LogP contribution is 2.68. The molecule has 0 radical (unpaired) electrons. The fourth-order valence-electron chi connectivity index (χ4n) is 18.2. The number of rotatable bonds is 13. The lowest BCUT2D eigenvalue weighted by Gasteiger charge is -2.49. The summed E-state index contributed by atoms with van der Waals surface area (Å²) in [5, 5.41) is 0. The number of fused-ring (bicyclic) bond motifs is 6. The van der Waals surface area contributed by atoms with Crippen molar-refractivity contribution in [2.24, 2.45) is 0 Å². The van der Waals surface area contributed by atoms with Crippen molar-refractivity contribution in [3.63, 3.8) is 0 Å². The van der Waals surface area contributed by atoms with E-state index < -0.39 is 0 Å². The van der Waals surface area contributed by atoms with E-state index in [1.54, 1.807) is 0 Å². The van der Waals surface area contributed by atoms with Crippen molar-refractivity contribution in [3.8, 4) is 111 Å². The van der Waals surface area contributed by atoms with Crippen molar-refractivity contribution in [2.45, 2.75) is 64.7 Å². The molecule has 0 amide bonds. The number of benzene rings is 17. The van der Waals surface area contributed by atoms with Crippen molar-refractivity contribution in [2.75, 3.05) is 14.7 Å². The number of nitrogens with zero attached hydrogens (tertiary/aromatic N) is 3. The van der Waals surface area contributed by atoms with Crippen LogP contribution in [0, 0.1) is 0 Å². The van der Waals surface area contributed by atoms with E-state index in [0.29, 0.717) is 0 Å². The highest BCUT2D eigenvalue weighted by atomic mass is 15.3. The molecule has 0 spiro atoms. The first-order chi connectivity index (χ1) is 56.3. The van der Waals surface area contributed by atoms with E-state index in [2.05, 4.69) is 457 Å². The van der Waals surface area contributed by atoms with E-state index in [1.807, 2.05) is 0 Å². The highest BCUT2D eigenvalue weighted by Gasteiger charge is 2.44. The first-order valence-electron chi connectivity index (χ1n) is 40.4. The van der Waals surface area contributed by atoms with E-state index in [0.717, 1.165) is 147 Å². The topological polar surface area (TPSA) is 9.72 Å². The maximum atomic E-state index is 2.71. The van der Waals surface area contributed by atoms with Crippen LogP contribution in [-0.2, 0) is 17.3 Å². The summed E-state index contributed by atoms with van der Waals surface area (Å²) >= 11 is 0. The molecule has 550 valence electrons. The van der Waals surface area contributed by atoms with Crippen LogP contribution in [0.3, 0.4) is 0 Å². The number of anilines is 9. The Morgan fingerprint density at radius 2 is 0.487 bits per heavy atom. The first-order valence-corrected chi connectivity index (χ1v) is 40.4. The van der Waals surface area contributed by atoms with Crippen LogP contribution in [0.5, 0.6) is 0 Å². The van der Waals surface area contributed by atoms with Gasteiger partial charge in [-0.25, -0.2) is 0 Å². The minimum absolute atomic E-state index is 0.112. The van der Waals surface area contributed by atoms with Crippen LogP contribution >= 0.6 is 0 Å². The van der Waals surface area contributed by atoms with Crippen molar-refractivity contribution in [1.29, 1.82) is 0 Å². The van der Waals surface area contributed by atoms with Crippen molar-refractivity contribution < 1.29 is 0 Å². The lowest BCUT2D eigenvalue weighted by Crippen LogP contribution is -2.31. The predicted molar refractivity (Wildman–Crippen MR) is 486 cm³/mol.